The number of nitrogens with zero attached hydrogens (tertiary/aromatic N) is 1. The Hall–Kier alpha value is -0.660. The van der Waals surface area contributed by atoms with Crippen molar-refractivity contribution in [1.82, 2.24) is 4.31 Å². The predicted octanol–water partition coefficient (Wildman–Crippen LogP) is 1.55. The lowest BCUT2D eigenvalue weighted by molar-refractivity contribution is -0.165. The van der Waals surface area contributed by atoms with Crippen molar-refractivity contribution in [2.75, 3.05) is 33.4 Å². The van der Waals surface area contributed by atoms with E-state index >= 15 is 0 Å². The molecule has 2 aliphatic heterocycles. The molecule has 3 rings (SSSR count). The molecule has 0 aromatic heterocycles. The zero-order chi connectivity index (χ0) is 16.7. The lowest BCUT2D eigenvalue weighted by Gasteiger charge is -2.44. The van der Waals surface area contributed by atoms with Crippen molar-refractivity contribution >= 4 is 16.0 Å². The van der Waals surface area contributed by atoms with Gasteiger partial charge in [0.25, 0.3) is 0 Å². The van der Waals surface area contributed by atoms with Crippen molar-refractivity contribution in [3.05, 3.63) is 0 Å². The van der Waals surface area contributed by atoms with E-state index in [1.165, 1.54) is 7.11 Å². The van der Waals surface area contributed by atoms with Crippen LogP contribution in [-0.4, -0.2) is 56.9 Å². The molecule has 3 aliphatic rings. The monoisotopic (exact) mass is 345 g/mol. The molecule has 132 valence electrons. The van der Waals surface area contributed by atoms with E-state index in [2.05, 4.69) is 0 Å². The molecule has 7 heteroatoms. The molecule has 0 atom stereocenters. The van der Waals surface area contributed by atoms with Crippen LogP contribution in [0.15, 0.2) is 0 Å². The van der Waals surface area contributed by atoms with Gasteiger partial charge in [-0.3, -0.25) is 4.79 Å². The first kappa shape index (κ1) is 17.2. The Morgan fingerprint density at radius 3 is 2.17 bits per heavy atom. The molecule has 0 aromatic carbocycles. The minimum absolute atomic E-state index is 0.156. The van der Waals surface area contributed by atoms with E-state index in [4.69, 9.17) is 9.47 Å². The Bertz CT molecular complexity index is 555. The van der Waals surface area contributed by atoms with Crippen molar-refractivity contribution in [2.45, 2.75) is 50.2 Å². The van der Waals surface area contributed by atoms with Gasteiger partial charge in [0.15, 0.2) is 0 Å². The molecule has 0 radical (unpaired) electrons. The Morgan fingerprint density at radius 1 is 1.13 bits per heavy atom. The van der Waals surface area contributed by atoms with Gasteiger partial charge in [-0.15, -0.1) is 0 Å². The van der Waals surface area contributed by atoms with E-state index < -0.39 is 20.2 Å². The third kappa shape index (κ3) is 2.81. The fourth-order valence-corrected chi connectivity index (χ4v) is 6.05. The van der Waals surface area contributed by atoms with Gasteiger partial charge in [-0.25, -0.2) is 12.7 Å². The van der Waals surface area contributed by atoms with Gasteiger partial charge in [0, 0.05) is 26.3 Å². The average Bonchev–Trinajstić information content (AvgIpc) is 3.34. The summed E-state index contributed by atoms with van der Waals surface area (Å²) < 4.78 is 36.9. The molecule has 1 saturated carbocycles. The highest BCUT2D eigenvalue weighted by molar-refractivity contribution is 7.90. The second-order valence-corrected chi connectivity index (χ2v) is 9.84. The van der Waals surface area contributed by atoms with Crippen molar-refractivity contribution in [1.29, 1.82) is 0 Å². The standard InChI is InChI=1S/C16H27NO5S/c1-15(5-6-15)23(19,20)17-9-3-13(4-10-17)16(14(18)21-2)7-11-22-12-8-16/h13H,3-12H2,1-2H3. The Morgan fingerprint density at radius 2 is 1.70 bits per heavy atom. The number of hydrogen-bond donors (Lipinski definition) is 0. The maximum absolute atomic E-state index is 12.6. The molecule has 6 nitrogen and oxygen atoms in total. The molecule has 2 heterocycles. The molecule has 0 amide bonds. The molecule has 0 spiro atoms. The van der Waals surface area contributed by atoms with Crippen LogP contribution >= 0.6 is 0 Å². The van der Waals surface area contributed by atoms with Crippen molar-refractivity contribution in [3.63, 3.8) is 0 Å². The van der Waals surface area contributed by atoms with Gasteiger partial charge in [0.05, 0.1) is 17.3 Å². The van der Waals surface area contributed by atoms with E-state index in [1.807, 2.05) is 6.92 Å². The summed E-state index contributed by atoms with van der Waals surface area (Å²) in [5, 5.41) is 0. The van der Waals surface area contributed by atoms with E-state index in [1.54, 1.807) is 4.31 Å². The van der Waals surface area contributed by atoms with Gasteiger partial charge >= 0.3 is 5.97 Å². The summed E-state index contributed by atoms with van der Waals surface area (Å²) in [6.45, 7) is 4.02. The number of carbonyl (C=O) groups excluding carboxylic acids is 1. The summed E-state index contributed by atoms with van der Waals surface area (Å²) >= 11 is 0. The smallest absolute Gasteiger partial charge is 0.312 e. The normalized spacial score (nSPS) is 28.3. The van der Waals surface area contributed by atoms with E-state index in [9.17, 15) is 13.2 Å². The molecule has 0 N–H and O–H groups in total. The number of sulfonamides is 1. The van der Waals surface area contributed by atoms with Crippen LogP contribution in [0.25, 0.3) is 0 Å². The number of esters is 1. The van der Waals surface area contributed by atoms with Gasteiger partial charge < -0.3 is 9.47 Å². The first-order valence-corrected chi connectivity index (χ1v) is 9.96. The molecule has 0 bridgehead atoms. The first-order valence-electron chi connectivity index (χ1n) is 8.52. The minimum Gasteiger partial charge on any atom is -0.469 e. The van der Waals surface area contributed by atoms with Gasteiger partial charge in [0.2, 0.25) is 10.0 Å². The number of rotatable bonds is 4. The lowest BCUT2D eigenvalue weighted by atomic mass is 9.66. The maximum atomic E-state index is 12.6. The fourth-order valence-electron chi connectivity index (χ4n) is 4.11. The van der Waals surface area contributed by atoms with Gasteiger partial charge in [0.1, 0.15) is 0 Å². The number of carbonyl (C=O) groups is 1. The molecule has 0 aromatic rings. The zero-order valence-corrected chi connectivity index (χ0v) is 14.9. The Kier molecular flexibility index (Phi) is 4.48. The van der Waals surface area contributed by atoms with Crippen LogP contribution in [-0.2, 0) is 24.3 Å². The SMILES string of the molecule is COC(=O)C1(C2CCN(S(=O)(=O)C3(C)CC3)CC2)CCOCC1. The molecular formula is C16H27NO5S. The number of hydrogen-bond acceptors (Lipinski definition) is 5. The van der Waals surface area contributed by atoms with Crippen molar-refractivity contribution < 1.29 is 22.7 Å². The van der Waals surface area contributed by atoms with E-state index in [-0.39, 0.29) is 11.9 Å². The Balaban J connectivity index is 1.71. The van der Waals surface area contributed by atoms with Gasteiger partial charge in [-0.1, -0.05) is 0 Å². The summed E-state index contributed by atoms with van der Waals surface area (Å²) in [6, 6.07) is 0. The van der Waals surface area contributed by atoms with Gasteiger partial charge in [-0.2, -0.15) is 0 Å². The van der Waals surface area contributed by atoms with Crippen molar-refractivity contribution in [2.24, 2.45) is 11.3 Å². The lowest BCUT2D eigenvalue weighted by Crippen LogP contribution is -2.50. The predicted molar refractivity (Wildman–Crippen MR) is 85.4 cm³/mol. The highest BCUT2D eigenvalue weighted by Crippen LogP contribution is 2.48. The van der Waals surface area contributed by atoms with Crippen molar-refractivity contribution in [3.8, 4) is 0 Å². The van der Waals surface area contributed by atoms with E-state index in [0.29, 0.717) is 39.1 Å². The molecule has 2 saturated heterocycles. The average molecular weight is 345 g/mol. The minimum atomic E-state index is -3.20. The van der Waals surface area contributed by atoms with Crippen LogP contribution in [0, 0.1) is 11.3 Å². The third-order valence-electron chi connectivity index (χ3n) is 6.13. The maximum Gasteiger partial charge on any atom is 0.312 e. The summed E-state index contributed by atoms with van der Waals surface area (Å²) in [4.78, 5) is 12.4. The third-order valence-corrected chi connectivity index (χ3v) is 8.83. The van der Waals surface area contributed by atoms with Gasteiger partial charge in [-0.05, 0) is 51.4 Å². The highest BCUT2D eigenvalue weighted by Gasteiger charge is 2.54. The zero-order valence-electron chi connectivity index (χ0n) is 14.0. The summed E-state index contributed by atoms with van der Waals surface area (Å²) in [5.74, 6) is 0.0218. The molecule has 23 heavy (non-hydrogen) atoms. The van der Waals surface area contributed by atoms with Crippen LogP contribution in [0.1, 0.15) is 45.4 Å². The van der Waals surface area contributed by atoms with Crippen LogP contribution in [0.5, 0.6) is 0 Å². The fraction of sp³-hybridized carbons (Fsp3) is 0.938. The quantitative estimate of drug-likeness (QED) is 0.723. The largest absolute Gasteiger partial charge is 0.469 e. The topological polar surface area (TPSA) is 72.9 Å². The Labute approximate surface area is 138 Å². The molecular weight excluding hydrogens is 318 g/mol. The molecule has 3 fully saturated rings. The molecule has 0 unspecified atom stereocenters. The molecule has 1 aliphatic carbocycles. The van der Waals surface area contributed by atoms with Crippen LogP contribution in [0.4, 0.5) is 0 Å². The summed E-state index contributed by atoms with van der Waals surface area (Å²) in [5.41, 5.74) is -0.494. The summed E-state index contributed by atoms with van der Waals surface area (Å²) in [6.07, 6.45) is 4.33. The second kappa shape index (κ2) is 6.01. The second-order valence-electron chi connectivity index (χ2n) is 7.39. The first-order chi connectivity index (χ1) is 10.9. The number of piperidine rings is 1. The highest BCUT2D eigenvalue weighted by atomic mass is 32.2. The van der Waals surface area contributed by atoms with E-state index in [0.717, 1.165) is 25.7 Å². The summed E-state index contributed by atoms with van der Waals surface area (Å²) in [7, 11) is -1.76. The number of ether oxygens (including phenoxy) is 2. The van der Waals surface area contributed by atoms with Crippen LogP contribution in [0.3, 0.4) is 0 Å². The van der Waals surface area contributed by atoms with Crippen LogP contribution < -0.4 is 0 Å². The van der Waals surface area contributed by atoms with Crippen LogP contribution in [0.2, 0.25) is 0 Å². The number of methoxy groups -OCH3 is 1.